The van der Waals surface area contributed by atoms with Crippen molar-refractivity contribution in [2.45, 2.75) is 212 Å². The van der Waals surface area contributed by atoms with E-state index in [2.05, 4.69) is 0 Å². The van der Waals surface area contributed by atoms with Gasteiger partial charge >= 0.3 is 17.9 Å². The quantitative estimate of drug-likeness (QED) is 0.0298. The molecule has 25 heteroatoms. The Bertz CT molecular complexity index is 1720. The van der Waals surface area contributed by atoms with Gasteiger partial charge in [-0.25, -0.2) is 4.79 Å². The molecule has 70 heavy (non-hydrogen) atoms. The molecule has 3 saturated carbocycles. The fraction of sp³-hybridized carbons (Fsp3) is 0.889. The molecule has 0 bridgehead atoms. The van der Waals surface area contributed by atoms with Gasteiger partial charge in [0.1, 0.15) is 99.0 Å². The number of hydrogen-bond acceptors (Lipinski definition) is 23. The van der Waals surface area contributed by atoms with Crippen LogP contribution in [0.2, 0.25) is 0 Å². The number of aliphatic hydroxyl groups is 14. The van der Waals surface area contributed by atoms with E-state index in [1.54, 1.807) is 6.08 Å². The second-order valence-electron chi connectivity index (χ2n) is 19.8. The Labute approximate surface area is 402 Å². The Balaban J connectivity index is 1.14. The molecule has 0 aromatic rings. The number of aliphatic carboxylic acids is 1. The monoisotopic (exact) mass is 1010 g/mol. The molecule has 14 N–H and O–H groups in total. The van der Waals surface area contributed by atoms with Gasteiger partial charge in [-0.2, -0.15) is 0 Å². The molecule has 25 nitrogen and oxygen atoms in total. The molecule has 0 amide bonds. The molecule has 0 aromatic carbocycles. The van der Waals surface area contributed by atoms with E-state index in [9.17, 15) is 75.7 Å². The standard InChI is InChI=1S/C45H70O25/c46-15-27-33(54)36(57)40(61)44(67-27)70-42-38(59)35(56)29(16-62-31(52)10-3-18-1-6-20(47)7-2-18)69-45(42)66-26-13-23-24(64-41(26)19-4-8-21(48)9-5-19)11-22(49)12-25(23)65-43-39(60)37(58)34(55)28(68-43)17-63-32(53)14-30(50)51/h3,10,18-29,33-49,54-61H,1-2,4-9,11-17H2,(H,50,51)/p+1. The van der Waals surface area contributed by atoms with E-state index < -0.39 is 185 Å². The number of fused-ring (bicyclic) bond motifs is 1. The van der Waals surface area contributed by atoms with Crippen molar-refractivity contribution >= 4 is 17.9 Å². The van der Waals surface area contributed by atoms with Gasteiger partial charge in [0.05, 0.1) is 36.9 Å². The summed E-state index contributed by atoms with van der Waals surface area (Å²) in [4.78, 5) is 35.9. The number of esters is 2. The highest BCUT2D eigenvalue weighted by molar-refractivity contribution is 5.90. The second kappa shape index (κ2) is 24.6. The summed E-state index contributed by atoms with van der Waals surface area (Å²) in [6, 6.07) is 0. The minimum absolute atomic E-state index is 0.0331. The first-order chi connectivity index (χ1) is 33.3. The number of aliphatic hydroxyl groups excluding tert-OH is 12. The Kier molecular flexibility index (Phi) is 19.4. The number of rotatable bonds is 16. The number of carbonyl (C=O) groups excluding carboxylic acids is 2. The summed E-state index contributed by atoms with van der Waals surface area (Å²) in [5, 5.41) is 138. The van der Waals surface area contributed by atoms with Crippen LogP contribution in [-0.4, -0.2) is 244 Å². The molecule has 7 fully saturated rings. The summed E-state index contributed by atoms with van der Waals surface area (Å²) in [7, 11) is 0. The normalized spacial score (nSPS) is 47.0. The highest BCUT2D eigenvalue weighted by Gasteiger charge is 2.58. The highest BCUT2D eigenvalue weighted by Crippen LogP contribution is 2.44. The van der Waals surface area contributed by atoms with Crippen LogP contribution in [0.3, 0.4) is 0 Å². The molecule has 3 aliphatic carbocycles. The SMILES string of the molecule is O=C(O)CC(=O)OCC1OC(OC2CC(O)CC3[OH+]C(C4CCC(O)CC4)C(OC4OC(COC(=O)C=CC5CCC(O)CC5)C(O)C(O)C4OC4OC(CO)C(O)C(O)C4O)CC23)C(O)C(O)C1O. The lowest BCUT2D eigenvalue weighted by molar-refractivity contribution is -0.389. The summed E-state index contributed by atoms with van der Waals surface area (Å²) in [6.07, 6.45) is -25.0. The van der Waals surface area contributed by atoms with Crippen LogP contribution >= 0.6 is 0 Å². The maximum absolute atomic E-state index is 12.9. The van der Waals surface area contributed by atoms with Crippen LogP contribution in [0.25, 0.3) is 0 Å². The lowest BCUT2D eigenvalue weighted by Crippen LogP contribution is -2.66. The van der Waals surface area contributed by atoms with Gasteiger partial charge < -0.3 is 109 Å². The van der Waals surface area contributed by atoms with Crippen molar-refractivity contribution in [2.24, 2.45) is 17.8 Å². The van der Waals surface area contributed by atoms with Crippen molar-refractivity contribution in [3.05, 3.63) is 12.2 Å². The number of carboxylic acid groups (broad SMARTS) is 1. The molecular formula is C45H71O25+. The van der Waals surface area contributed by atoms with Crippen LogP contribution in [0, 0.1) is 17.8 Å². The van der Waals surface area contributed by atoms with Gasteiger partial charge in [-0.1, -0.05) is 6.08 Å². The van der Waals surface area contributed by atoms with Crippen molar-refractivity contribution in [3.63, 3.8) is 0 Å². The minimum atomic E-state index is -1.95. The molecule has 4 aliphatic heterocycles. The first kappa shape index (κ1) is 55.1. The maximum atomic E-state index is 12.9. The molecular weight excluding hydrogens is 940 g/mol. The van der Waals surface area contributed by atoms with E-state index in [4.69, 9.17) is 47.7 Å². The van der Waals surface area contributed by atoms with E-state index in [0.717, 1.165) is 0 Å². The molecule has 0 radical (unpaired) electrons. The second-order valence-corrected chi connectivity index (χ2v) is 19.8. The zero-order valence-corrected chi connectivity index (χ0v) is 38.4. The largest absolute Gasteiger partial charge is 0.481 e. The van der Waals surface area contributed by atoms with Gasteiger partial charge in [0.25, 0.3) is 0 Å². The molecule has 21 atom stereocenters. The molecule has 400 valence electrons. The predicted octanol–water partition coefficient (Wildman–Crippen LogP) is -5.14. The number of carboxylic acids is 1. The van der Waals surface area contributed by atoms with Crippen LogP contribution in [0.5, 0.6) is 0 Å². The molecule has 7 rings (SSSR count). The van der Waals surface area contributed by atoms with Crippen molar-refractivity contribution in [3.8, 4) is 0 Å². The molecule has 7 aliphatic rings. The number of hydrogen-bond donors (Lipinski definition) is 13. The molecule has 0 spiro atoms. The number of allylic oxidation sites excluding steroid dienone is 1. The fourth-order valence-corrected chi connectivity index (χ4v) is 10.8. The van der Waals surface area contributed by atoms with Gasteiger partial charge in [-0.05, 0) is 63.7 Å². The van der Waals surface area contributed by atoms with E-state index in [-0.39, 0.29) is 31.1 Å². The first-order valence-electron chi connectivity index (χ1n) is 24.3. The van der Waals surface area contributed by atoms with E-state index >= 15 is 0 Å². The van der Waals surface area contributed by atoms with Gasteiger partial charge in [-0.15, -0.1) is 0 Å². The highest BCUT2D eigenvalue weighted by atomic mass is 16.8. The first-order valence-corrected chi connectivity index (χ1v) is 24.3. The Morgan fingerprint density at radius 3 is 1.73 bits per heavy atom. The van der Waals surface area contributed by atoms with E-state index in [1.807, 2.05) is 0 Å². The summed E-state index contributed by atoms with van der Waals surface area (Å²) in [6.45, 7) is -2.12. The predicted molar refractivity (Wildman–Crippen MR) is 228 cm³/mol. The van der Waals surface area contributed by atoms with Crippen LogP contribution in [-0.2, 0) is 52.3 Å². The van der Waals surface area contributed by atoms with Gasteiger partial charge in [0, 0.05) is 24.8 Å². The summed E-state index contributed by atoms with van der Waals surface area (Å²) in [5.41, 5.74) is 0. The van der Waals surface area contributed by atoms with Crippen LogP contribution in [0.15, 0.2) is 12.2 Å². The molecule has 21 unspecified atom stereocenters. The maximum Gasteiger partial charge on any atom is 0.330 e. The van der Waals surface area contributed by atoms with Gasteiger partial charge in [0.2, 0.25) is 0 Å². The molecule has 0 aromatic heterocycles. The van der Waals surface area contributed by atoms with Gasteiger partial charge in [0.15, 0.2) is 31.1 Å². The van der Waals surface area contributed by atoms with E-state index in [1.165, 1.54) is 6.08 Å². The number of ether oxygens (including phenoxy) is 9. The third kappa shape index (κ3) is 13.4. The van der Waals surface area contributed by atoms with Crippen LogP contribution < -0.4 is 0 Å². The fourth-order valence-electron chi connectivity index (χ4n) is 10.8. The third-order valence-corrected chi connectivity index (χ3v) is 14.9. The summed E-state index contributed by atoms with van der Waals surface area (Å²) in [5.74, 6) is -4.23. The van der Waals surface area contributed by atoms with Crippen molar-refractivity contribution < 1.29 is 123 Å². The average molecular weight is 1010 g/mol. The molecule has 4 heterocycles. The van der Waals surface area contributed by atoms with Gasteiger partial charge in [-0.3, -0.25) is 9.59 Å². The lowest BCUT2D eigenvalue weighted by atomic mass is 9.73. The Hall–Kier alpha value is -2.61. The Morgan fingerprint density at radius 2 is 1.10 bits per heavy atom. The summed E-state index contributed by atoms with van der Waals surface area (Å²) >= 11 is 0. The topological polar surface area (TPSA) is 401 Å². The van der Waals surface area contributed by atoms with E-state index in [0.29, 0.717) is 51.4 Å². The zero-order chi connectivity index (χ0) is 50.6. The lowest BCUT2D eigenvalue weighted by Gasteiger charge is -2.50. The van der Waals surface area contributed by atoms with Crippen molar-refractivity contribution in [2.75, 3.05) is 19.8 Å². The van der Waals surface area contributed by atoms with Crippen molar-refractivity contribution in [1.82, 2.24) is 0 Å². The number of carbonyl (C=O) groups is 3. The zero-order valence-electron chi connectivity index (χ0n) is 38.4. The van der Waals surface area contributed by atoms with Crippen molar-refractivity contribution in [1.29, 1.82) is 0 Å². The Morgan fingerprint density at radius 1 is 0.557 bits per heavy atom. The average Bonchev–Trinajstić information content (AvgIpc) is 3.32. The summed E-state index contributed by atoms with van der Waals surface area (Å²) < 4.78 is 52.3. The van der Waals surface area contributed by atoms with Crippen LogP contribution in [0.4, 0.5) is 0 Å². The molecule has 4 saturated heterocycles. The smallest absolute Gasteiger partial charge is 0.330 e. The third-order valence-electron chi connectivity index (χ3n) is 14.9. The minimum Gasteiger partial charge on any atom is -0.481 e. The van der Waals surface area contributed by atoms with Crippen LogP contribution in [0.1, 0.15) is 77.0 Å².